The molecule has 0 aromatic heterocycles. The van der Waals surface area contributed by atoms with Crippen LogP contribution >= 0.6 is 0 Å². The van der Waals surface area contributed by atoms with E-state index in [4.69, 9.17) is 4.43 Å². The maximum atomic E-state index is 10.6. The second kappa shape index (κ2) is 6.44. The second-order valence-electron chi connectivity index (χ2n) is 8.06. The Bertz CT molecular complexity index is 484. The Morgan fingerprint density at radius 2 is 1.82 bits per heavy atom. The normalized spacial score (nSPS) is 27.3. The van der Waals surface area contributed by atoms with Gasteiger partial charge in [0.25, 0.3) is 0 Å². The van der Waals surface area contributed by atoms with Crippen LogP contribution in [0.2, 0.25) is 18.1 Å². The minimum Gasteiger partial charge on any atom is -0.410 e. The van der Waals surface area contributed by atoms with Crippen molar-refractivity contribution in [2.75, 3.05) is 6.54 Å². The molecule has 1 aliphatic heterocycles. The minimum absolute atomic E-state index is 0.0698. The monoisotopic (exact) mass is 321 g/mol. The van der Waals surface area contributed by atoms with Gasteiger partial charge in [-0.3, -0.25) is 4.90 Å². The van der Waals surface area contributed by atoms with Crippen LogP contribution in [0.5, 0.6) is 0 Å². The molecule has 4 heteroatoms. The summed E-state index contributed by atoms with van der Waals surface area (Å²) in [5, 5.41) is 10.8. The van der Waals surface area contributed by atoms with Crippen molar-refractivity contribution in [3.05, 3.63) is 35.9 Å². The average molecular weight is 322 g/mol. The number of rotatable bonds is 4. The maximum Gasteiger partial charge on any atom is 0.192 e. The molecule has 1 N–H and O–H groups in total. The average Bonchev–Trinajstić information content (AvgIpc) is 2.67. The van der Waals surface area contributed by atoms with Crippen molar-refractivity contribution in [3.63, 3.8) is 0 Å². The molecule has 1 saturated heterocycles. The van der Waals surface area contributed by atoms with E-state index in [-0.39, 0.29) is 17.2 Å². The Morgan fingerprint density at radius 3 is 2.36 bits per heavy atom. The third-order valence-electron chi connectivity index (χ3n) is 5.35. The molecule has 0 spiro atoms. The van der Waals surface area contributed by atoms with E-state index in [1.54, 1.807) is 0 Å². The summed E-state index contributed by atoms with van der Waals surface area (Å²) in [6.07, 6.45) is -0.475. The third-order valence-corrected chi connectivity index (χ3v) is 9.85. The lowest BCUT2D eigenvalue weighted by molar-refractivity contribution is 0.0475. The lowest BCUT2D eigenvalue weighted by Gasteiger charge is -2.39. The molecular weight excluding hydrogens is 290 g/mol. The van der Waals surface area contributed by atoms with Gasteiger partial charge in [-0.1, -0.05) is 51.1 Å². The fourth-order valence-corrected chi connectivity index (χ4v) is 4.05. The number of likely N-dealkylation sites (tertiary alicyclic amines) is 1. The molecule has 1 aliphatic rings. The zero-order valence-electron chi connectivity index (χ0n) is 14.8. The molecule has 124 valence electrons. The van der Waals surface area contributed by atoms with Gasteiger partial charge >= 0.3 is 0 Å². The highest BCUT2D eigenvalue weighted by atomic mass is 28.4. The summed E-state index contributed by atoms with van der Waals surface area (Å²) in [5.74, 6) is 0. The summed E-state index contributed by atoms with van der Waals surface area (Å²) >= 11 is 0. The predicted octanol–water partition coefficient (Wildman–Crippen LogP) is 3.64. The first-order valence-corrected chi connectivity index (χ1v) is 11.2. The second-order valence-corrected chi connectivity index (χ2v) is 12.8. The van der Waals surface area contributed by atoms with Crippen molar-refractivity contribution >= 4 is 8.32 Å². The number of hydrogen-bond donors (Lipinski definition) is 1. The summed E-state index contributed by atoms with van der Waals surface area (Å²) in [7, 11) is -1.85. The van der Waals surface area contributed by atoms with Crippen molar-refractivity contribution in [1.29, 1.82) is 0 Å². The predicted molar refractivity (Wildman–Crippen MR) is 94.4 cm³/mol. The van der Waals surface area contributed by atoms with E-state index in [0.717, 1.165) is 13.1 Å². The van der Waals surface area contributed by atoms with Gasteiger partial charge in [-0.15, -0.1) is 0 Å². The fourth-order valence-electron chi connectivity index (χ4n) is 2.72. The molecule has 1 aromatic carbocycles. The van der Waals surface area contributed by atoms with Gasteiger partial charge in [-0.05, 0) is 30.6 Å². The molecular formula is C18H31NO2Si. The Morgan fingerprint density at radius 1 is 1.23 bits per heavy atom. The van der Waals surface area contributed by atoms with E-state index >= 15 is 0 Å². The first-order chi connectivity index (χ1) is 10.1. The molecule has 0 saturated carbocycles. The zero-order chi connectivity index (χ0) is 16.5. The molecule has 1 heterocycles. The van der Waals surface area contributed by atoms with Crippen LogP contribution in [0.4, 0.5) is 0 Å². The molecule has 1 unspecified atom stereocenters. The van der Waals surface area contributed by atoms with E-state index in [9.17, 15) is 5.11 Å². The molecule has 0 bridgehead atoms. The summed E-state index contributed by atoms with van der Waals surface area (Å²) < 4.78 is 6.46. The highest BCUT2D eigenvalue weighted by Crippen LogP contribution is 2.39. The van der Waals surface area contributed by atoms with Gasteiger partial charge in [0, 0.05) is 19.1 Å². The molecule has 22 heavy (non-hydrogen) atoms. The number of nitrogens with zero attached hydrogens (tertiary/aromatic N) is 1. The molecule has 3 nitrogen and oxygen atoms in total. The highest BCUT2D eigenvalue weighted by molar-refractivity contribution is 6.74. The summed E-state index contributed by atoms with van der Waals surface area (Å²) in [6.45, 7) is 15.0. The van der Waals surface area contributed by atoms with Gasteiger partial charge in [0.1, 0.15) is 0 Å². The molecule has 1 fully saturated rings. The standard InChI is InChI=1S/C18H31NO2Si/c1-14-17(20)16(21-22(5,6)18(2,3)4)13-19(14)12-15-10-8-7-9-11-15/h7-11,14,16-17,20H,12-13H2,1-6H3/t14?,16-,17-/m0/s1. The number of aliphatic hydroxyl groups excluding tert-OH is 1. The van der Waals surface area contributed by atoms with Crippen LogP contribution in [0, 0.1) is 0 Å². The first-order valence-electron chi connectivity index (χ1n) is 8.26. The van der Waals surface area contributed by atoms with Crippen LogP contribution < -0.4 is 0 Å². The first kappa shape index (κ1) is 17.7. The smallest absolute Gasteiger partial charge is 0.192 e. The Balaban J connectivity index is 2.04. The number of benzene rings is 1. The van der Waals surface area contributed by atoms with E-state index in [0.29, 0.717) is 0 Å². The van der Waals surface area contributed by atoms with Gasteiger partial charge in [0.15, 0.2) is 8.32 Å². The minimum atomic E-state index is -1.85. The molecule has 0 radical (unpaired) electrons. The molecule has 0 amide bonds. The van der Waals surface area contributed by atoms with Crippen molar-refractivity contribution in [2.45, 2.75) is 70.6 Å². The topological polar surface area (TPSA) is 32.7 Å². The van der Waals surface area contributed by atoms with Gasteiger partial charge < -0.3 is 9.53 Å². The largest absolute Gasteiger partial charge is 0.410 e. The van der Waals surface area contributed by atoms with E-state index < -0.39 is 14.4 Å². The Hall–Kier alpha value is -0.683. The van der Waals surface area contributed by atoms with E-state index in [1.165, 1.54) is 5.56 Å². The van der Waals surface area contributed by atoms with Crippen LogP contribution in [0.3, 0.4) is 0 Å². The van der Waals surface area contributed by atoms with Crippen LogP contribution in [-0.4, -0.2) is 43.1 Å². The fraction of sp³-hybridized carbons (Fsp3) is 0.667. The van der Waals surface area contributed by atoms with E-state index in [2.05, 4.69) is 70.0 Å². The summed E-state index contributed by atoms with van der Waals surface area (Å²) in [5.41, 5.74) is 1.29. The molecule has 1 aromatic rings. The van der Waals surface area contributed by atoms with Crippen LogP contribution in [-0.2, 0) is 11.0 Å². The van der Waals surface area contributed by atoms with Crippen molar-refractivity contribution in [1.82, 2.24) is 4.90 Å². The lowest BCUT2D eigenvalue weighted by atomic mass is 10.1. The van der Waals surface area contributed by atoms with Gasteiger partial charge in [-0.2, -0.15) is 0 Å². The molecule has 2 rings (SSSR count). The van der Waals surface area contributed by atoms with Gasteiger partial charge in [0.05, 0.1) is 12.2 Å². The van der Waals surface area contributed by atoms with Crippen LogP contribution in [0.25, 0.3) is 0 Å². The van der Waals surface area contributed by atoms with Crippen molar-refractivity contribution < 1.29 is 9.53 Å². The summed E-state index contributed by atoms with van der Waals surface area (Å²) in [4.78, 5) is 2.33. The van der Waals surface area contributed by atoms with Crippen molar-refractivity contribution in [2.24, 2.45) is 0 Å². The zero-order valence-corrected chi connectivity index (χ0v) is 15.8. The third kappa shape index (κ3) is 3.80. The Kier molecular flexibility index (Phi) is 5.17. The highest BCUT2D eigenvalue weighted by Gasteiger charge is 2.45. The SMILES string of the molecule is CC1[C@H](O)[C@@H](O[Si](C)(C)C(C)(C)C)CN1Cc1ccccc1. The van der Waals surface area contributed by atoms with Crippen LogP contribution in [0.1, 0.15) is 33.3 Å². The quantitative estimate of drug-likeness (QED) is 0.859. The number of aliphatic hydroxyl groups is 1. The number of hydrogen-bond acceptors (Lipinski definition) is 3. The van der Waals surface area contributed by atoms with Gasteiger partial charge in [-0.25, -0.2) is 0 Å². The van der Waals surface area contributed by atoms with Crippen LogP contribution in [0.15, 0.2) is 30.3 Å². The molecule has 3 atom stereocenters. The summed E-state index contributed by atoms with van der Waals surface area (Å²) in [6, 6.07) is 10.6. The van der Waals surface area contributed by atoms with Crippen molar-refractivity contribution in [3.8, 4) is 0 Å². The van der Waals surface area contributed by atoms with E-state index in [1.807, 2.05) is 6.07 Å². The molecule has 0 aliphatic carbocycles. The lowest BCUT2D eigenvalue weighted by Crippen LogP contribution is -2.47. The van der Waals surface area contributed by atoms with Gasteiger partial charge in [0.2, 0.25) is 0 Å². The maximum absolute atomic E-state index is 10.6. The Labute approximate surface area is 136 Å².